The van der Waals surface area contributed by atoms with Crippen LogP contribution < -0.4 is 0 Å². The van der Waals surface area contributed by atoms with Crippen molar-refractivity contribution in [3.63, 3.8) is 0 Å². The lowest BCUT2D eigenvalue weighted by molar-refractivity contribution is -0.137. The number of rotatable bonds is 2. The van der Waals surface area contributed by atoms with Crippen molar-refractivity contribution in [3.8, 4) is 0 Å². The second kappa shape index (κ2) is 4.13. The average molecular weight is 200 g/mol. The van der Waals surface area contributed by atoms with Crippen molar-refractivity contribution in [1.29, 1.82) is 0 Å². The zero-order chi connectivity index (χ0) is 10.7. The van der Waals surface area contributed by atoms with E-state index in [9.17, 15) is 4.79 Å². The topological polar surface area (TPSA) is 26.3 Å². The van der Waals surface area contributed by atoms with Crippen LogP contribution in [0.1, 0.15) is 12.0 Å². The smallest absolute Gasteiger partial charge is 0.339 e. The second-order valence-corrected chi connectivity index (χ2v) is 3.36. The summed E-state index contributed by atoms with van der Waals surface area (Å²) in [6.45, 7) is 4.18. The molecule has 1 aliphatic rings. The molecule has 0 saturated heterocycles. The monoisotopic (exact) mass is 200 g/mol. The molecule has 0 aliphatic carbocycles. The molecule has 1 aromatic carbocycles. The number of esters is 1. The summed E-state index contributed by atoms with van der Waals surface area (Å²) >= 11 is 0. The van der Waals surface area contributed by atoms with E-state index in [1.807, 2.05) is 30.3 Å². The Hall–Kier alpha value is -1.83. The predicted molar refractivity (Wildman–Crippen MR) is 59.1 cm³/mol. The van der Waals surface area contributed by atoms with Crippen LogP contribution in [-0.2, 0) is 9.53 Å². The van der Waals surface area contributed by atoms with Crippen molar-refractivity contribution in [2.24, 2.45) is 0 Å². The van der Waals surface area contributed by atoms with E-state index in [2.05, 4.69) is 6.58 Å². The molecule has 15 heavy (non-hydrogen) atoms. The summed E-state index contributed by atoms with van der Waals surface area (Å²) < 4.78 is 5.03. The molecule has 0 spiro atoms. The summed E-state index contributed by atoms with van der Waals surface area (Å²) in [5, 5.41) is 0. The Bertz CT molecular complexity index is 415. The maximum Gasteiger partial charge on any atom is 0.339 e. The van der Waals surface area contributed by atoms with Crippen molar-refractivity contribution >= 4 is 11.5 Å². The van der Waals surface area contributed by atoms with E-state index >= 15 is 0 Å². The van der Waals surface area contributed by atoms with Crippen LogP contribution in [0, 0.1) is 0 Å². The Morgan fingerprint density at radius 3 is 2.67 bits per heavy atom. The summed E-state index contributed by atoms with van der Waals surface area (Å²) in [6.07, 6.45) is 2.49. The quantitative estimate of drug-likeness (QED) is 0.686. The van der Waals surface area contributed by atoms with Crippen molar-refractivity contribution < 1.29 is 9.53 Å². The molecule has 0 aromatic heterocycles. The highest BCUT2D eigenvalue weighted by Crippen LogP contribution is 2.26. The molecule has 0 radical (unpaired) electrons. The minimum Gasteiger partial charge on any atom is -0.462 e. The standard InChI is InChI=1S/C13H12O2/c1-2-10-8-9-15-13(14)12(10)11-6-4-3-5-7-11/h2-7H,1,8-9H2. The van der Waals surface area contributed by atoms with Crippen molar-refractivity contribution in [2.45, 2.75) is 6.42 Å². The molecule has 0 fully saturated rings. The van der Waals surface area contributed by atoms with Crippen molar-refractivity contribution in [1.82, 2.24) is 0 Å². The number of carbonyl (C=O) groups is 1. The summed E-state index contributed by atoms with van der Waals surface area (Å²) in [4.78, 5) is 11.6. The first kappa shape index (κ1) is 9.71. The van der Waals surface area contributed by atoms with Gasteiger partial charge in [-0.25, -0.2) is 4.79 Å². The van der Waals surface area contributed by atoms with Crippen LogP contribution in [0.5, 0.6) is 0 Å². The number of allylic oxidation sites excluding steroid dienone is 1. The van der Waals surface area contributed by atoms with Gasteiger partial charge in [0.15, 0.2) is 0 Å². The van der Waals surface area contributed by atoms with Crippen LogP contribution in [-0.4, -0.2) is 12.6 Å². The normalized spacial score (nSPS) is 16.1. The van der Waals surface area contributed by atoms with E-state index in [0.717, 1.165) is 17.6 Å². The van der Waals surface area contributed by atoms with Crippen molar-refractivity contribution in [3.05, 3.63) is 54.1 Å². The number of benzene rings is 1. The maximum atomic E-state index is 11.6. The first-order valence-corrected chi connectivity index (χ1v) is 4.91. The lowest BCUT2D eigenvalue weighted by Crippen LogP contribution is -2.16. The summed E-state index contributed by atoms with van der Waals surface area (Å²) in [5.74, 6) is -0.248. The van der Waals surface area contributed by atoms with Gasteiger partial charge in [-0.15, -0.1) is 0 Å². The number of hydrogen-bond donors (Lipinski definition) is 0. The van der Waals surface area contributed by atoms with Gasteiger partial charge < -0.3 is 4.74 Å². The van der Waals surface area contributed by atoms with E-state index in [-0.39, 0.29) is 5.97 Å². The minimum atomic E-state index is -0.248. The fourth-order valence-electron chi connectivity index (χ4n) is 1.69. The maximum absolute atomic E-state index is 11.6. The van der Waals surface area contributed by atoms with Crippen LogP contribution in [0.25, 0.3) is 5.57 Å². The fraction of sp³-hybridized carbons (Fsp3) is 0.154. The highest BCUT2D eigenvalue weighted by atomic mass is 16.5. The molecule has 1 heterocycles. The Kier molecular flexibility index (Phi) is 2.68. The lowest BCUT2D eigenvalue weighted by Gasteiger charge is -2.17. The van der Waals surface area contributed by atoms with Gasteiger partial charge in [-0.1, -0.05) is 43.0 Å². The zero-order valence-electron chi connectivity index (χ0n) is 8.40. The Balaban J connectivity index is 2.52. The highest BCUT2D eigenvalue weighted by molar-refractivity contribution is 6.18. The van der Waals surface area contributed by atoms with Crippen LogP contribution >= 0.6 is 0 Å². The van der Waals surface area contributed by atoms with Gasteiger partial charge in [0.25, 0.3) is 0 Å². The Morgan fingerprint density at radius 1 is 1.27 bits per heavy atom. The molecule has 0 bridgehead atoms. The van der Waals surface area contributed by atoms with Gasteiger partial charge in [-0.05, 0) is 11.1 Å². The number of carbonyl (C=O) groups excluding carboxylic acids is 1. The molecule has 1 aliphatic heterocycles. The first-order valence-electron chi connectivity index (χ1n) is 4.91. The average Bonchev–Trinajstić information content (AvgIpc) is 2.29. The van der Waals surface area contributed by atoms with E-state index in [4.69, 9.17) is 4.74 Å². The second-order valence-electron chi connectivity index (χ2n) is 3.36. The lowest BCUT2D eigenvalue weighted by atomic mass is 9.96. The molecular formula is C13H12O2. The predicted octanol–water partition coefficient (Wildman–Crippen LogP) is 2.57. The molecule has 0 saturated carbocycles. The molecule has 0 N–H and O–H groups in total. The molecule has 1 aromatic rings. The SMILES string of the molecule is C=CC1=C(c2ccccc2)C(=O)OCC1. The largest absolute Gasteiger partial charge is 0.462 e. The third-order valence-electron chi connectivity index (χ3n) is 2.44. The molecule has 0 amide bonds. The van der Waals surface area contributed by atoms with Crippen LogP contribution in [0.3, 0.4) is 0 Å². The van der Waals surface area contributed by atoms with E-state index in [0.29, 0.717) is 12.2 Å². The molecular weight excluding hydrogens is 188 g/mol. The number of ether oxygens (including phenoxy) is 1. The van der Waals surface area contributed by atoms with Gasteiger partial charge in [0.05, 0.1) is 12.2 Å². The van der Waals surface area contributed by atoms with Crippen molar-refractivity contribution in [2.75, 3.05) is 6.61 Å². The summed E-state index contributed by atoms with van der Waals surface area (Å²) in [6, 6.07) is 9.55. The molecule has 0 atom stereocenters. The summed E-state index contributed by atoms with van der Waals surface area (Å²) in [5.41, 5.74) is 2.52. The molecule has 2 nitrogen and oxygen atoms in total. The number of cyclic esters (lactones) is 1. The fourth-order valence-corrected chi connectivity index (χ4v) is 1.69. The third kappa shape index (κ3) is 1.84. The van der Waals surface area contributed by atoms with Crippen LogP contribution in [0.4, 0.5) is 0 Å². The third-order valence-corrected chi connectivity index (χ3v) is 2.44. The van der Waals surface area contributed by atoms with Gasteiger partial charge in [0.2, 0.25) is 0 Å². The zero-order valence-corrected chi connectivity index (χ0v) is 8.40. The Labute approximate surface area is 88.9 Å². The molecule has 2 heteroatoms. The van der Waals surface area contributed by atoms with E-state index in [1.165, 1.54) is 0 Å². The van der Waals surface area contributed by atoms with Gasteiger partial charge in [-0.3, -0.25) is 0 Å². The van der Waals surface area contributed by atoms with Gasteiger partial charge in [0.1, 0.15) is 0 Å². The molecule has 76 valence electrons. The van der Waals surface area contributed by atoms with Crippen LogP contribution in [0.15, 0.2) is 48.6 Å². The van der Waals surface area contributed by atoms with Gasteiger partial charge in [-0.2, -0.15) is 0 Å². The van der Waals surface area contributed by atoms with Crippen LogP contribution in [0.2, 0.25) is 0 Å². The van der Waals surface area contributed by atoms with Gasteiger partial charge in [0, 0.05) is 6.42 Å². The molecule has 2 rings (SSSR count). The van der Waals surface area contributed by atoms with Gasteiger partial charge >= 0.3 is 5.97 Å². The van der Waals surface area contributed by atoms with E-state index < -0.39 is 0 Å². The number of hydrogen-bond acceptors (Lipinski definition) is 2. The van der Waals surface area contributed by atoms with E-state index in [1.54, 1.807) is 6.08 Å². The first-order chi connectivity index (χ1) is 7.33. The summed E-state index contributed by atoms with van der Waals surface area (Å²) in [7, 11) is 0. The Morgan fingerprint density at radius 2 is 2.00 bits per heavy atom. The minimum absolute atomic E-state index is 0.248. The highest BCUT2D eigenvalue weighted by Gasteiger charge is 2.21. The molecule has 0 unspecified atom stereocenters.